The van der Waals surface area contributed by atoms with Crippen LogP contribution in [0, 0.1) is 12.3 Å². The summed E-state index contributed by atoms with van der Waals surface area (Å²) in [6, 6.07) is 0. The number of nitrogens with one attached hydrogen (secondary N) is 1. The fourth-order valence-electron chi connectivity index (χ4n) is 0.783. The van der Waals surface area contributed by atoms with Gasteiger partial charge in [-0.1, -0.05) is 0 Å². The number of rotatable bonds is 0. The Morgan fingerprint density at radius 1 is 1.54 bits per heavy atom. The summed E-state index contributed by atoms with van der Waals surface area (Å²) in [6.45, 7) is 2.61. The summed E-state index contributed by atoms with van der Waals surface area (Å²) in [5.74, 6) is 2.54. The lowest BCUT2D eigenvalue weighted by atomic mass is 10.4. The molecule has 1 N–H and O–H groups in total. The molecule has 0 aliphatic carbocycles. The van der Waals surface area contributed by atoms with E-state index in [-0.39, 0.29) is 0 Å². The molecule has 0 aromatic rings. The van der Waals surface area contributed by atoms with Gasteiger partial charge in [-0.05, 0) is 27.4 Å². The first-order valence-electron chi connectivity index (χ1n) is 4.33. The van der Waals surface area contributed by atoms with E-state index < -0.39 is 0 Å². The molecule has 1 amide bonds. The van der Waals surface area contributed by atoms with Crippen molar-refractivity contribution < 1.29 is 4.79 Å². The van der Waals surface area contributed by atoms with Crippen LogP contribution in [-0.4, -0.2) is 38.5 Å². The van der Waals surface area contributed by atoms with Gasteiger partial charge >= 0.3 is 0 Å². The van der Waals surface area contributed by atoms with Gasteiger partial charge in [0.1, 0.15) is 0 Å². The standard InChI is InChI=1S/C5H9NO.C3H4.C2H7N/c1-6-4-2-3-5(6)7;2*1-3-2/h2-4H2,1H3;1H,2H3;3H,1-2H3. The molecule has 1 aliphatic heterocycles. The van der Waals surface area contributed by atoms with Crippen LogP contribution in [0.2, 0.25) is 0 Å². The third kappa shape index (κ3) is 11.0. The predicted octanol–water partition coefficient (Wildman–Crippen LogP) is 0.714. The van der Waals surface area contributed by atoms with Gasteiger partial charge < -0.3 is 10.2 Å². The van der Waals surface area contributed by atoms with Crippen LogP contribution in [0.15, 0.2) is 0 Å². The van der Waals surface area contributed by atoms with Gasteiger partial charge in [-0.25, -0.2) is 0 Å². The Kier molecular flexibility index (Phi) is 12.3. The number of nitrogens with zero attached hydrogens (tertiary/aromatic N) is 1. The van der Waals surface area contributed by atoms with Crippen molar-refractivity contribution in [2.75, 3.05) is 27.7 Å². The number of likely N-dealkylation sites (tertiary alicyclic amines) is 1. The van der Waals surface area contributed by atoms with Gasteiger partial charge in [-0.3, -0.25) is 4.79 Å². The van der Waals surface area contributed by atoms with Crippen molar-refractivity contribution in [3.8, 4) is 12.3 Å². The van der Waals surface area contributed by atoms with E-state index in [0.29, 0.717) is 5.91 Å². The number of carbonyl (C=O) groups excluding carboxylic acids is 1. The zero-order valence-corrected chi connectivity index (χ0v) is 9.05. The first-order valence-corrected chi connectivity index (χ1v) is 4.33. The van der Waals surface area contributed by atoms with Crippen LogP contribution < -0.4 is 5.32 Å². The average Bonchev–Trinajstić information content (AvgIpc) is 2.39. The molecule has 1 aliphatic rings. The number of terminal acetylenes is 1. The van der Waals surface area contributed by atoms with Crippen molar-refractivity contribution in [1.82, 2.24) is 10.2 Å². The Hall–Kier alpha value is -1.01. The fraction of sp³-hybridized carbons (Fsp3) is 0.700. The second kappa shape index (κ2) is 11.0. The van der Waals surface area contributed by atoms with Crippen molar-refractivity contribution >= 4 is 5.91 Å². The number of amides is 1. The molecular weight excluding hydrogens is 164 g/mol. The summed E-state index contributed by atoms with van der Waals surface area (Å²) in [5.41, 5.74) is 0. The highest BCUT2D eigenvalue weighted by molar-refractivity contribution is 5.77. The molecule has 0 saturated carbocycles. The van der Waals surface area contributed by atoms with Crippen molar-refractivity contribution in [1.29, 1.82) is 0 Å². The lowest BCUT2D eigenvalue weighted by molar-refractivity contribution is -0.126. The minimum absolute atomic E-state index is 0.292. The van der Waals surface area contributed by atoms with E-state index in [1.807, 2.05) is 21.1 Å². The molecule has 1 fully saturated rings. The quantitative estimate of drug-likeness (QED) is 0.562. The highest BCUT2D eigenvalue weighted by Gasteiger charge is 2.14. The van der Waals surface area contributed by atoms with Gasteiger partial charge in [0.15, 0.2) is 0 Å². The lowest BCUT2D eigenvalue weighted by Crippen LogP contribution is -2.17. The summed E-state index contributed by atoms with van der Waals surface area (Å²) in [4.78, 5) is 12.3. The van der Waals surface area contributed by atoms with Crippen molar-refractivity contribution in [2.24, 2.45) is 0 Å². The molecule has 3 nitrogen and oxygen atoms in total. The lowest BCUT2D eigenvalue weighted by Gasteiger charge is -2.03. The zero-order valence-electron chi connectivity index (χ0n) is 9.05. The second-order valence-corrected chi connectivity index (χ2v) is 2.71. The van der Waals surface area contributed by atoms with Gasteiger partial charge in [-0.15, -0.1) is 12.3 Å². The summed E-state index contributed by atoms with van der Waals surface area (Å²) in [7, 11) is 5.59. The Morgan fingerprint density at radius 2 is 1.92 bits per heavy atom. The van der Waals surface area contributed by atoms with Crippen LogP contribution in [-0.2, 0) is 4.79 Å². The van der Waals surface area contributed by atoms with Gasteiger partial charge in [0.05, 0.1) is 0 Å². The average molecular weight is 184 g/mol. The van der Waals surface area contributed by atoms with E-state index in [1.54, 1.807) is 11.8 Å². The molecule has 13 heavy (non-hydrogen) atoms. The SMILES string of the molecule is C#CC.CN1CCCC1=O.CNC. The molecule has 0 atom stereocenters. The van der Waals surface area contributed by atoms with E-state index in [9.17, 15) is 4.79 Å². The molecule has 76 valence electrons. The van der Waals surface area contributed by atoms with Crippen molar-refractivity contribution in [3.05, 3.63) is 0 Å². The summed E-state index contributed by atoms with van der Waals surface area (Å²) < 4.78 is 0. The summed E-state index contributed by atoms with van der Waals surface area (Å²) in [6.07, 6.45) is 6.41. The maximum atomic E-state index is 10.5. The van der Waals surface area contributed by atoms with Crippen LogP contribution in [0.25, 0.3) is 0 Å². The molecule has 0 aromatic heterocycles. The molecule has 1 saturated heterocycles. The van der Waals surface area contributed by atoms with E-state index in [4.69, 9.17) is 0 Å². The first kappa shape index (κ1) is 14.5. The van der Waals surface area contributed by atoms with Crippen LogP contribution in [0.4, 0.5) is 0 Å². The third-order valence-electron chi connectivity index (χ3n) is 1.31. The van der Waals surface area contributed by atoms with E-state index >= 15 is 0 Å². The summed E-state index contributed by atoms with van der Waals surface area (Å²) >= 11 is 0. The largest absolute Gasteiger partial charge is 0.346 e. The molecule has 1 rings (SSSR count). The number of hydrogen-bond acceptors (Lipinski definition) is 2. The first-order chi connectivity index (χ1) is 6.13. The van der Waals surface area contributed by atoms with Crippen LogP contribution in [0.5, 0.6) is 0 Å². The molecular formula is C10H20N2O. The Bertz CT molecular complexity index is 161. The van der Waals surface area contributed by atoms with Gasteiger partial charge in [0, 0.05) is 20.0 Å². The molecule has 1 heterocycles. The Morgan fingerprint density at radius 3 is 2.00 bits per heavy atom. The van der Waals surface area contributed by atoms with Crippen molar-refractivity contribution in [2.45, 2.75) is 19.8 Å². The number of hydrogen-bond donors (Lipinski definition) is 1. The minimum atomic E-state index is 0.292. The Balaban J connectivity index is 0. The molecule has 0 unspecified atom stereocenters. The van der Waals surface area contributed by atoms with E-state index in [0.717, 1.165) is 19.4 Å². The fourth-order valence-corrected chi connectivity index (χ4v) is 0.783. The van der Waals surface area contributed by atoms with E-state index in [2.05, 4.69) is 17.7 Å². The maximum absolute atomic E-state index is 10.5. The molecule has 0 spiro atoms. The smallest absolute Gasteiger partial charge is 0.222 e. The molecule has 0 radical (unpaired) electrons. The normalized spacial score (nSPS) is 13.5. The van der Waals surface area contributed by atoms with Gasteiger partial charge in [0.2, 0.25) is 5.91 Å². The van der Waals surface area contributed by atoms with Gasteiger partial charge in [-0.2, -0.15) is 0 Å². The van der Waals surface area contributed by atoms with Crippen LogP contribution in [0.3, 0.4) is 0 Å². The topological polar surface area (TPSA) is 32.3 Å². The third-order valence-corrected chi connectivity index (χ3v) is 1.31. The Labute approximate surface area is 81.5 Å². The molecule has 3 heteroatoms. The van der Waals surface area contributed by atoms with Crippen LogP contribution >= 0.6 is 0 Å². The van der Waals surface area contributed by atoms with Crippen LogP contribution in [0.1, 0.15) is 19.8 Å². The zero-order chi connectivity index (χ0) is 10.7. The highest BCUT2D eigenvalue weighted by Crippen LogP contribution is 2.04. The maximum Gasteiger partial charge on any atom is 0.222 e. The van der Waals surface area contributed by atoms with E-state index in [1.165, 1.54) is 0 Å². The monoisotopic (exact) mass is 184 g/mol. The molecule has 0 bridgehead atoms. The minimum Gasteiger partial charge on any atom is -0.346 e. The summed E-state index contributed by atoms with van der Waals surface area (Å²) in [5, 5.41) is 2.75. The predicted molar refractivity (Wildman–Crippen MR) is 56.4 cm³/mol. The highest BCUT2D eigenvalue weighted by atomic mass is 16.2. The number of carbonyl (C=O) groups is 1. The molecule has 0 aromatic carbocycles. The van der Waals surface area contributed by atoms with Crippen molar-refractivity contribution in [3.63, 3.8) is 0 Å². The van der Waals surface area contributed by atoms with Gasteiger partial charge in [0.25, 0.3) is 0 Å². The second-order valence-electron chi connectivity index (χ2n) is 2.71.